The van der Waals surface area contributed by atoms with Gasteiger partial charge in [0.1, 0.15) is 9.84 Å². The molecule has 122 valence electrons. The number of carboxylic acids is 1. The Bertz CT molecular complexity index is 470. The summed E-state index contributed by atoms with van der Waals surface area (Å²) in [5, 5.41) is 14.4. The number of amides is 2. The van der Waals surface area contributed by atoms with Gasteiger partial charge in [-0.2, -0.15) is 0 Å². The van der Waals surface area contributed by atoms with Crippen LogP contribution < -0.4 is 10.6 Å². The van der Waals surface area contributed by atoms with E-state index in [2.05, 4.69) is 10.6 Å². The Balaban J connectivity index is 2.32. The molecule has 1 saturated heterocycles. The van der Waals surface area contributed by atoms with Crippen LogP contribution in [0.2, 0.25) is 0 Å². The Morgan fingerprint density at radius 2 is 1.86 bits per heavy atom. The molecule has 21 heavy (non-hydrogen) atoms. The first-order valence-corrected chi connectivity index (χ1v) is 8.82. The number of hydrogen-bond donors (Lipinski definition) is 3. The average molecular weight is 322 g/mol. The molecule has 0 radical (unpaired) electrons. The van der Waals surface area contributed by atoms with E-state index < -0.39 is 27.3 Å². The van der Waals surface area contributed by atoms with E-state index in [4.69, 9.17) is 4.74 Å². The molecule has 0 unspecified atom stereocenters. The van der Waals surface area contributed by atoms with E-state index in [1.807, 2.05) is 0 Å². The molecule has 0 aromatic carbocycles. The number of ether oxygens (including phenoxy) is 1. The van der Waals surface area contributed by atoms with E-state index in [0.29, 0.717) is 32.5 Å². The van der Waals surface area contributed by atoms with Crippen molar-refractivity contribution in [1.29, 1.82) is 0 Å². The van der Waals surface area contributed by atoms with Crippen LogP contribution in [-0.4, -0.2) is 63.8 Å². The van der Waals surface area contributed by atoms with Crippen LogP contribution in [0.3, 0.4) is 0 Å². The third kappa shape index (κ3) is 6.30. The number of aliphatic carboxylic acids is 1. The lowest BCUT2D eigenvalue weighted by Crippen LogP contribution is -2.49. The summed E-state index contributed by atoms with van der Waals surface area (Å²) in [6.45, 7) is 0.986. The number of carbonyl (C=O) groups is 2. The number of carbonyl (C=O) groups excluding carboxylic acids is 1. The van der Waals surface area contributed by atoms with Gasteiger partial charge in [0.15, 0.2) is 0 Å². The Morgan fingerprint density at radius 3 is 2.38 bits per heavy atom. The largest absolute Gasteiger partial charge is 0.481 e. The van der Waals surface area contributed by atoms with Gasteiger partial charge in [-0.05, 0) is 19.3 Å². The molecule has 0 aromatic heterocycles. The summed E-state index contributed by atoms with van der Waals surface area (Å²) in [5.41, 5.74) is -0.984. The Kier molecular flexibility index (Phi) is 6.41. The predicted octanol–water partition coefficient (Wildman–Crippen LogP) is -0.398. The summed E-state index contributed by atoms with van der Waals surface area (Å²) in [5.74, 6) is -0.938. The second kappa shape index (κ2) is 7.60. The van der Waals surface area contributed by atoms with E-state index in [1.165, 1.54) is 0 Å². The fourth-order valence-electron chi connectivity index (χ4n) is 2.08. The highest BCUT2D eigenvalue weighted by Gasteiger charge is 2.40. The average Bonchev–Trinajstić information content (AvgIpc) is 2.41. The van der Waals surface area contributed by atoms with E-state index in [9.17, 15) is 23.1 Å². The van der Waals surface area contributed by atoms with Gasteiger partial charge in [0.25, 0.3) is 0 Å². The first-order chi connectivity index (χ1) is 9.75. The number of sulfone groups is 1. The van der Waals surface area contributed by atoms with Gasteiger partial charge in [0.2, 0.25) is 0 Å². The van der Waals surface area contributed by atoms with E-state index in [-0.39, 0.29) is 18.8 Å². The molecule has 0 spiro atoms. The first-order valence-electron chi connectivity index (χ1n) is 6.76. The van der Waals surface area contributed by atoms with E-state index in [0.717, 1.165) is 6.26 Å². The Labute approximate surface area is 124 Å². The lowest BCUT2D eigenvalue weighted by Gasteiger charge is -2.33. The van der Waals surface area contributed by atoms with Gasteiger partial charge in [-0.1, -0.05) is 0 Å². The molecule has 1 heterocycles. The zero-order valence-corrected chi connectivity index (χ0v) is 12.9. The smallest absolute Gasteiger partial charge is 0.314 e. The van der Waals surface area contributed by atoms with Crippen LogP contribution in [0, 0.1) is 5.41 Å². The van der Waals surface area contributed by atoms with Gasteiger partial charge < -0.3 is 20.5 Å². The fraction of sp³-hybridized carbons (Fsp3) is 0.833. The molecule has 1 fully saturated rings. The van der Waals surface area contributed by atoms with Crippen LogP contribution in [0.15, 0.2) is 0 Å². The van der Waals surface area contributed by atoms with Gasteiger partial charge in [-0.25, -0.2) is 13.2 Å². The summed E-state index contributed by atoms with van der Waals surface area (Å²) >= 11 is 0. The number of nitrogens with one attached hydrogen (secondary N) is 2. The molecular formula is C12H22N2O6S. The second-order valence-corrected chi connectivity index (χ2v) is 7.55. The molecule has 0 bridgehead atoms. The number of urea groups is 1. The van der Waals surface area contributed by atoms with E-state index >= 15 is 0 Å². The van der Waals surface area contributed by atoms with Crippen molar-refractivity contribution >= 4 is 21.8 Å². The van der Waals surface area contributed by atoms with Gasteiger partial charge in [-0.3, -0.25) is 4.79 Å². The zero-order chi connectivity index (χ0) is 15.9. The normalized spacial score (nSPS) is 18.0. The van der Waals surface area contributed by atoms with Crippen molar-refractivity contribution in [2.75, 3.05) is 38.3 Å². The van der Waals surface area contributed by atoms with Crippen LogP contribution in [0.4, 0.5) is 4.79 Å². The minimum Gasteiger partial charge on any atom is -0.481 e. The van der Waals surface area contributed by atoms with Crippen molar-refractivity contribution in [3.8, 4) is 0 Å². The van der Waals surface area contributed by atoms with Gasteiger partial charge >= 0.3 is 12.0 Å². The molecule has 1 aliphatic heterocycles. The zero-order valence-electron chi connectivity index (χ0n) is 12.1. The van der Waals surface area contributed by atoms with Crippen LogP contribution >= 0.6 is 0 Å². The fourth-order valence-corrected chi connectivity index (χ4v) is 2.75. The maximum absolute atomic E-state index is 11.6. The highest BCUT2D eigenvalue weighted by atomic mass is 32.2. The van der Waals surface area contributed by atoms with E-state index in [1.54, 1.807) is 0 Å². The number of hydrogen-bond acceptors (Lipinski definition) is 5. The summed E-state index contributed by atoms with van der Waals surface area (Å²) in [7, 11) is -3.04. The minimum atomic E-state index is -3.04. The number of rotatable bonds is 7. The lowest BCUT2D eigenvalue weighted by atomic mass is 9.80. The van der Waals surface area contributed by atoms with Crippen LogP contribution in [0.1, 0.15) is 19.3 Å². The topological polar surface area (TPSA) is 122 Å². The first kappa shape index (κ1) is 17.7. The molecule has 3 N–H and O–H groups in total. The van der Waals surface area contributed by atoms with Gasteiger partial charge in [0.05, 0.1) is 11.2 Å². The van der Waals surface area contributed by atoms with Crippen LogP contribution in [-0.2, 0) is 19.4 Å². The monoisotopic (exact) mass is 322 g/mol. The summed E-state index contributed by atoms with van der Waals surface area (Å²) < 4.78 is 27.0. The highest BCUT2D eigenvalue weighted by molar-refractivity contribution is 7.90. The Hall–Kier alpha value is -1.35. The molecule has 0 aliphatic carbocycles. The van der Waals surface area contributed by atoms with Crippen molar-refractivity contribution in [3.63, 3.8) is 0 Å². The molecule has 8 nitrogen and oxygen atoms in total. The highest BCUT2D eigenvalue weighted by Crippen LogP contribution is 2.29. The molecule has 9 heteroatoms. The standard InChI is InChI=1S/C12H22N2O6S/c1-21(18,19)8-2-5-13-11(17)14-9-12(10(15)16)3-6-20-7-4-12/h2-9H2,1H3,(H,15,16)(H2,13,14,17). The van der Waals surface area contributed by atoms with Crippen molar-refractivity contribution in [1.82, 2.24) is 10.6 Å². The van der Waals surface area contributed by atoms with Crippen molar-refractivity contribution < 1.29 is 27.9 Å². The van der Waals surface area contributed by atoms with Crippen molar-refractivity contribution in [2.45, 2.75) is 19.3 Å². The minimum absolute atomic E-state index is 0.00365. The van der Waals surface area contributed by atoms with Gasteiger partial charge in [0, 0.05) is 32.6 Å². The maximum Gasteiger partial charge on any atom is 0.314 e. The second-order valence-electron chi connectivity index (χ2n) is 5.29. The van der Waals surface area contributed by atoms with Crippen molar-refractivity contribution in [2.24, 2.45) is 5.41 Å². The molecule has 1 rings (SSSR count). The molecule has 0 aromatic rings. The molecule has 1 aliphatic rings. The molecule has 0 atom stereocenters. The van der Waals surface area contributed by atoms with Crippen molar-refractivity contribution in [3.05, 3.63) is 0 Å². The Morgan fingerprint density at radius 1 is 1.24 bits per heavy atom. The third-order valence-corrected chi connectivity index (χ3v) is 4.50. The quantitative estimate of drug-likeness (QED) is 0.548. The summed E-state index contributed by atoms with van der Waals surface area (Å²) in [4.78, 5) is 22.9. The summed E-state index contributed by atoms with van der Waals surface area (Å²) in [6, 6.07) is -0.490. The third-order valence-electron chi connectivity index (χ3n) is 3.47. The predicted molar refractivity (Wildman–Crippen MR) is 75.9 cm³/mol. The van der Waals surface area contributed by atoms with Gasteiger partial charge in [-0.15, -0.1) is 0 Å². The molecule has 2 amide bonds. The summed E-state index contributed by atoms with van der Waals surface area (Å²) in [6.07, 6.45) is 2.17. The SMILES string of the molecule is CS(=O)(=O)CCCNC(=O)NCC1(C(=O)O)CCOCC1. The number of carboxylic acid groups (broad SMARTS) is 1. The van der Waals surface area contributed by atoms with Crippen LogP contribution in [0.5, 0.6) is 0 Å². The lowest BCUT2D eigenvalue weighted by molar-refractivity contribution is -0.154. The molecule has 0 saturated carbocycles. The van der Waals surface area contributed by atoms with Crippen LogP contribution in [0.25, 0.3) is 0 Å². The maximum atomic E-state index is 11.6. The molecular weight excluding hydrogens is 300 g/mol.